The highest BCUT2D eigenvalue weighted by Gasteiger charge is 2.17. The molecule has 168 valence electrons. The molecule has 0 saturated carbocycles. The first-order chi connectivity index (χ1) is 15.5. The Balaban J connectivity index is 1.59. The molecule has 32 heavy (non-hydrogen) atoms. The van der Waals surface area contributed by atoms with Gasteiger partial charge in [0.15, 0.2) is 5.65 Å². The number of benzene rings is 1. The molecule has 0 radical (unpaired) electrons. The van der Waals surface area contributed by atoms with E-state index in [4.69, 9.17) is 4.74 Å². The van der Waals surface area contributed by atoms with Crippen molar-refractivity contribution >= 4 is 11.2 Å². The molecule has 1 N–H and O–H groups in total. The number of ether oxygens (including phenoxy) is 1. The van der Waals surface area contributed by atoms with Gasteiger partial charge in [-0.05, 0) is 49.6 Å². The van der Waals surface area contributed by atoms with Crippen molar-refractivity contribution in [1.82, 2.24) is 28.9 Å². The fraction of sp³-hybridized carbons (Fsp3) is 0.391. The van der Waals surface area contributed by atoms with Crippen LogP contribution in [-0.4, -0.2) is 35.5 Å². The number of hydrogen-bond acceptors (Lipinski definition) is 5. The van der Waals surface area contributed by atoms with Crippen LogP contribution in [0.1, 0.15) is 32.3 Å². The fourth-order valence-corrected chi connectivity index (χ4v) is 3.70. The lowest BCUT2D eigenvalue weighted by molar-refractivity contribution is 0.291. The first-order valence-corrected chi connectivity index (χ1v) is 11.0. The summed E-state index contributed by atoms with van der Waals surface area (Å²) in [6.07, 6.45) is 5.26. The van der Waals surface area contributed by atoms with Crippen molar-refractivity contribution in [2.75, 3.05) is 6.61 Å². The summed E-state index contributed by atoms with van der Waals surface area (Å²) in [7, 11) is 0. The maximum atomic E-state index is 12.9. The van der Waals surface area contributed by atoms with Crippen LogP contribution in [0.2, 0.25) is 0 Å². The summed E-state index contributed by atoms with van der Waals surface area (Å²) in [5.41, 5.74) is 2.06. The molecule has 3 heterocycles. The van der Waals surface area contributed by atoms with Gasteiger partial charge in [-0.1, -0.05) is 13.8 Å². The maximum absolute atomic E-state index is 12.9. The van der Waals surface area contributed by atoms with Gasteiger partial charge < -0.3 is 9.72 Å². The third-order valence-electron chi connectivity index (χ3n) is 5.23. The average molecular weight is 437 g/mol. The van der Waals surface area contributed by atoms with Gasteiger partial charge >= 0.3 is 5.69 Å². The van der Waals surface area contributed by atoms with Gasteiger partial charge in [-0.2, -0.15) is 5.10 Å². The lowest BCUT2D eigenvalue weighted by Crippen LogP contribution is -2.40. The van der Waals surface area contributed by atoms with Gasteiger partial charge in [-0.15, -0.1) is 0 Å². The number of rotatable bonds is 9. The number of nitrogens with zero attached hydrogens (tertiary/aromatic N) is 5. The second-order valence-corrected chi connectivity index (χ2v) is 7.83. The Morgan fingerprint density at radius 2 is 1.72 bits per heavy atom. The van der Waals surface area contributed by atoms with Crippen LogP contribution in [0.4, 0.5) is 0 Å². The van der Waals surface area contributed by atoms with E-state index < -0.39 is 0 Å². The molecular formula is C23H28N6O3. The Hall–Kier alpha value is -3.62. The topological polar surface area (TPSA) is 99.7 Å². The molecule has 0 bridgehead atoms. The number of aromatic nitrogens is 6. The van der Waals surface area contributed by atoms with E-state index in [1.54, 1.807) is 4.57 Å². The summed E-state index contributed by atoms with van der Waals surface area (Å²) in [6.45, 7) is 8.00. The molecule has 0 unspecified atom stereocenters. The number of H-pyrrole nitrogens is 1. The van der Waals surface area contributed by atoms with Crippen LogP contribution in [-0.2, 0) is 19.6 Å². The first-order valence-electron chi connectivity index (χ1n) is 11.0. The lowest BCUT2D eigenvalue weighted by atomic mass is 10.2. The second-order valence-electron chi connectivity index (χ2n) is 7.83. The summed E-state index contributed by atoms with van der Waals surface area (Å²) >= 11 is 0. The molecule has 1 aromatic carbocycles. The zero-order valence-corrected chi connectivity index (χ0v) is 18.7. The highest BCUT2D eigenvalue weighted by molar-refractivity contribution is 5.75. The summed E-state index contributed by atoms with van der Waals surface area (Å²) < 4.78 is 10.5. The number of hydrogen-bond donors (Lipinski definition) is 1. The standard InChI is InChI=1S/C23H28N6O3/c1-4-10-28-21-19(22(30)29(11-5-2)23(28)31)25-20(26-21)17-6-8-18(9-7-17)32-13-12-27-15-16(3)14-24-27/h6-9,14-15H,4-5,10-13H2,1-3H3,(H,25,26). The van der Waals surface area contributed by atoms with Crippen molar-refractivity contribution in [2.24, 2.45) is 0 Å². The minimum Gasteiger partial charge on any atom is -0.492 e. The molecular weight excluding hydrogens is 408 g/mol. The van der Waals surface area contributed by atoms with E-state index in [1.165, 1.54) is 4.57 Å². The normalized spacial score (nSPS) is 11.3. The average Bonchev–Trinajstić information content (AvgIpc) is 3.41. The first kappa shape index (κ1) is 21.6. The molecule has 0 aliphatic rings. The molecule has 0 fully saturated rings. The van der Waals surface area contributed by atoms with E-state index in [0.29, 0.717) is 49.7 Å². The predicted octanol–water partition coefficient (Wildman–Crippen LogP) is 2.96. The van der Waals surface area contributed by atoms with E-state index in [2.05, 4.69) is 15.1 Å². The Bertz CT molecular complexity index is 1330. The van der Waals surface area contributed by atoms with Crippen LogP contribution in [0, 0.1) is 6.92 Å². The third kappa shape index (κ3) is 4.23. The fourth-order valence-electron chi connectivity index (χ4n) is 3.70. The van der Waals surface area contributed by atoms with Gasteiger partial charge in [0.25, 0.3) is 5.56 Å². The van der Waals surface area contributed by atoms with Gasteiger partial charge in [-0.3, -0.25) is 18.6 Å². The molecule has 9 heteroatoms. The smallest absolute Gasteiger partial charge is 0.332 e. The Morgan fingerprint density at radius 3 is 2.38 bits per heavy atom. The minimum atomic E-state index is -0.327. The summed E-state index contributed by atoms with van der Waals surface area (Å²) in [4.78, 5) is 33.4. The van der Waals surface area contributed by atoms with E-state index >= 15 is 0 Å². The molecule has 0 atom stereocenters. The van der Waals surface area contributed by atoms with E-state index in [9.17, 15) is 9.59 Å². The van der Waals surface area contributed by atoms with Gasteiger partial charge in [0.1, 0.15) is 23.7 Å². The van der Waals surface area contributed by atoms with E-state index in [0.717, 1.165) is 23.3 Å². The Morgan fingerprint density at radius 1 is 1.00 bits per heavy atom. The van der Waals surface area contributed by atoms with E-state index in [1.807, 2.05) is 62.1 Å². The van der Waals surface area contributed by atoms with Crippen molar-refractivity contribution < 1.29 is 4.74 Å². The molecule has 0 saturated heterocycles. The van der Waals surface area contributed by atoms with Crippen LogP contribution in [0.25, 0.3) is 22.6 Å². The lowest BCUT2D eigenvalue weighted by Gasteiger charge is -2.09. The quantitative estimate of drug-likeness (QED) is 0.435. The monoisotopic (exact) mass is 436 g/mol. The van der Waals surface area contributed by atoms with Crippen LogP contribution in [0.3, 0.4) is 0 Å². The van der Waals surface area contributed by atoms with Crippen molar-refractivity contribution in [1.29, 1.82) is 0 Å². The zero-order chi connectivity index (χ0) is 22.7. The Kier molecular flexibility index (Phi) is 6.25. The number of fused-ring (bicyclic) bond motifs is 1. The second kappa shape index (κ2) is 9.25. The molecule has 4 rings (SSSR count). The number of aryl methyl sites for hydroxylation is 2. The highest BCUT2D eigenvalue weighted by atomic mass is 16.5. The number of nitrogens with one attached hydrogen (secondary N) is 1. The molecule has 0 amide bonds. The van der Waals surface area contributed by atoms with Gasteiger partial charge in [0.2, 0.25) is 0 Å². The van der Waals surface area contributed by atoms with Gasteiger partial charge in [0.05, 0.1) is 12.7 Å². The largest absolute Gasteiger partial charge is 0.492 e. The SMILES string of the molecule is CCCn1c(=O)c2[nH]c(-c3ccc(OCCn4cc(C)cn4)cc3)nc2n(CCC)c1=O. The van der Waals surface area contributed by atoms with Crippen LogP contribution in [0.15, 0.2) is 46.2 Å². The molecule has 0 spiro atoms. The van der Waals surface area contributed by atoms with Crippen molar-refractivity contribution in [2.45, 2.75) is 53.2 Å². The Labute approximate surface area is 185 Å². The highest BCUT2D eigenvalue weighted by Crippen LogP contribution is 2.22. The molecule has 3 aromatic heterocycles. The number of imidazole rings is 1. The van der Waals surface area contributed by atoms with Gasteiger partial charge in [-0.25, -0.2) is 9.78 Å². The van der Waals surface area contributed by atoms with Crippen LogP contribution in [0.5, 0.6) is 5.75 Å². The van der Waals surface area contributed by atoms with Crippen molar-refractivity contribution in [3.63, 3.8) is 0 Å². The third-order valence-corrected chi connectivity index (χ3v) is 5.23. The van der Waals surface area contributed by atoms with Crippen molar-refractivity contribution in [3.05, 3.63) is 63.1 Å². The minimum absolute atomic E-state index is 0.305. The van der Waals surface area contributed by atoms with Gasteiger partial charge in [0, 0.05) is 24.8 Å². The van der Waals surface area contributed by atoms with Crippen molar-refractivity contribution in [3.8, 4) is 17.1 Å². The molecule has 0 aliphatic carbocycles. The summed E-state index contributed by atoms with van der Waals surface area (Å²) in [5.74, 6) is 1.29. The molecule has 9 nitrogen and oxygen atoms in total. The maximum Gasteiger partial charge on any atom is 0.332 e. The predicted molar refractivity (Wildman–Crippen MR) is 123 cm³/mol. The van der Waals surface area contributed by atoms with Crippen LogP contribution >= 0.6 is 0 Å². The summed E-state index contributed by atoms with van der Waals surface area (Å²) in [6, 6.07) is 7.51. The molecule has 4 aromatic rings. The van der Waals surface area contributed by atoms with E-state index in [-0.39, 0.29) is 11.2 Å². The van der Waals surface area contributed by atoms with Crippen LogP contribution < -0.4 is 16.0 Å². The summed E-state index contributed by atoms with van der Waals surface area (Å²) in [5, 5.41) is 4.25. The number of aromatic amines is 1. The molecule has 0 aliphatic heterocycles. The zero-order valence-electron chi connectivity index (χ0n) is 18.7.